The Kier molecular flexibility index (Phi) is 7.58. The summed E-state index contributed by atoms with van der Waals surface area (Å²) in [5.41, 5.74) is 0.286. The van der Waals surface area contributed by atoms with Gasteiger partial charge in [0.15, 0.2) is 0 Å². The molecule has 1 amide bonds. The highest BCUT2D eigenvalue weighted by Gasteiger charge is 2.15. The van der Waals surface area contributed by atoms with Gasteiger partial charge in [-0.1, -0.05) is 42.3 Å². The molecule has 0 aliphatic carbocycles. The summed E-state index contributed by atoms with van der Waals surface area (Å²) in [5.74, 6) is 1.09. The number of carbonyl (C=O) groups excluding carboxylic acids is 1. The molecular weight excluding hydrogens is 429 g/mol. The first-order valence-electron chi connectivity index (χ1n) is 9.31. The minimum Gasteiger partial charge on any atom is -0.335 e. The Bertz CT molecular complexity index is 1070. The van der Waals surface area contributed by atoms with Crippen LogP contribution >= 0.6 is 35.0 Å². The van der Waals surface area contributed by atoms with Crippen LogP contribution in [0.1, 0.15) is 25.6 Å². The Balaban J connectivity index is 1.69. The molecule has 0 saturated carbocycles. The molecular formula is C21H21Cl2N3O2S. The van der Waals surface area contributed by atoms with Crippen LogP contribution in [0.4, 0.5) is 0 Å². The van der Waals surface area contributed by atoms with Crippen molar-refractivity contribution < 1.29 is 4.79 Å². The van der Waals surface area contributed by atoms with Crippen LogP contribution in [0.3, 0.4) is 0 Å². The Hall–Kier alpha value is -2.02. The fraction of sp³-hybridized carbons (Fsp3) is 0.286. The quantitative estimate of drug-likeness (QED) is 0.482. The highest BCUT2D eigenvalue weighted by Crippen LogP contribution is 2.27. The van der Waals surface area contributed by atoms with Crippen LogP contribution in [0.15, 0.2) is 52.2 Å². The van der Waals surface area contributed by atoms with E-state index in [-0.39, 0.29) is 18.0 Å². The van der Waals surface area contributed by atoms with Crippen molar-refractivity contribution in [1.82, 2.24) is 14.9 Å². The lowest BCUT2D eigenvalue weighted by molar-refractivity contribution is -0.131. The number of aromatic nitrogens is 2. The Labute approximate surface area is 183 Å². The molecule has 3 rings (SSSR count). The van der Waals surface area contributed by atoms with E-state index < -0.39 is 0 Å². The van der Waals surface area contributed by atoms with Crippen molar-refractivity contribution in [3.8, 4) is 0 Å². The molecule has 2 aromatic carbocycles. The molecule has 0 bridgehead atoms. The predicted molar refractivity (Wildman–Crippen MR) is 120 cm³/mol. The van der Waals surface area contributed by atoms with Crippen LogP contribution in [0.2, 0.25) is 10.0 Å². The van der Waals surface area contributed by atoms with Crippen molar-refractivity contribution in [1.29, 1.82) is 0 Å². The monoisotopic (exact) mass is 449 g/mol. The lowest BCUT2D eigenvalue weighted by atomic mass is 10.2. The van der Waals surface area contributed by atoms with E-state index in [0.717, 1.165) is 11.3 Å². The number of fused-ring (bicyclic) bond motifs is 1. The first-order valence-corrected chi connectivity index (χ1v) is 11.1. The van der Waals surface area contributed by atoms with Gasteiger partial charge in [-0.15, -0.1) is 11.8 Å². The molecule has 1 heterocycles. The molecule has 0 radical (unpaired) electrons. The molecule has 1 N–H and O–H groups in total. The summed E-state index contributed by atoms with van der Waals surface area (Å²) in [4.78, 5) is 35.0. The summed E-state index contributed by atoms with van der Waals surface area (Å²) in [7, 11) is 0. The molecule has 8 heteroatoms. The van der Waals surface area contributed by atoms with Gasteiger partial charge in [0, 0.05) is 28.6 Å². The maximum atomic E-state index is 12.8. The summed E-state index contributed by atoms with van der Waals surface area (Å²) >= 11 is 13.7. The second-order valence-corrected chi connectivity index (χ2v) is 8.50. The number of hydrogen-bond donors (Lipinski definition) is 1. The van der Waals surface area contributed by atoms with Crippen LogP contribution in [0, 0.1) is 0 Å². The lowest BCUT2D eigenvalue weighted by Gasteiger charge is -2.21. The zero-order chi connectivity index (χ0) is 20.8. The predicted octanol–water partition coefficient (Wildman–Crippen LogP) is 5.15. The number of rotatable bonds is 8. The van der Waals surface area contributed by atoms with Gasteiger partial charge in [0.25, 0.3) is 5.56 Å². The lowest BCUT2D eigenvalue weighted by Crippen LogP contribution is -2.33. The topological polar surface area (TPSA) is 66.1 Å². The minimum atomic E-state index is -0.236. The highest BCUT2D eigenvalue weighted by atomic mass is 35.5. The Morgan fingerprint density at radius 1 is 1.21 bits per heavy atom. The van der Waals surface area contributed by atoms with Gasteiger partial charge in [0.2, 0.25) is 5.91 Å². The van der Waals surface area contributed by atoms with Crippen LogP contribution in [-0.4, -0.2) is 33.1 Å². The third-order valence-corrected chi connectivity index (χ3v) is 6.07. The number of halogens is 2. The standard InChI is InChI=1S/C21H21Cl2N3O2S/c1-2-10-26(20(27)9-11-29-18-6-4-3-5-16(18)23)13-19-24-17-12-14(22)7-8-15(17)21(28)25-19/h3-8,12H,2,9-11,13H2,1H3,(H,24,25,28). The fourth-order valence-electron chi connectivity index (χ4n) is 2.95. The van der Waals surface area contributed by atoms with Gasteiger partial charge >= 0.3 is 0 Å². The van der Waals surface area contributed by atoms with Crippen molar-refractivity contribution in [3.05, 3.63) is 68.7 Å². The van der Waals surface area contributed by atoms with Gasteiger partial charge in [-0.05, 0) is 36.8 Å². The van der Waals surface area contributed by atoms with Crippen LogP contribution < -0.4 is 5.56 Å². The van der Waals surface area contributed by atoms with E-state index in [2.05, 4.69) is 9.97 Å². The van der Waals surface area contributed by atoms with Crippen LogP contribution in [-0.2, 0) is 11.3 Å². The van der Waals surface area contributed by atoms with Gasteiger partial charge in [-0.2, -0.15) is 0 Å². The summed E-state index contributed by atoms with van der Waals surface area (Å²) in [5, 5.41) is 1.68. The van der Waals surface area contributed by atoms with E-state index in [1.165, 1.54) is 0 Å². The summed E-state index contributed by atoms with van der Waals surface area (Å²) < 4.78 is 0. The number of benzene rings is 2. The van der Waals surface area contributed by atoms with Crippen molar-refractivity contribution in [2.75, 3.05) is 12.3 Å². The van der Waals surface area contributed by atoms with E-state index in [9.17, 15) is 9.59 Å². The first kappa shape index (κ1) is 21.7. The van der Waals surface area contributed by atoms with Gasteiger partial charge in [-0.3, -0.25) is 9.59 Å². The number of carbonyl (C=O) groups is 1. The summed E-state index contributed by atoms with van der Waals surface area (Å²) in [6, 6.07) is 12.5. The van der Waals surface area contributed by atoms with E-state index in [0.29, 0.717) is 45.5 Å². The summed E-state index contributed by atoms with van der Waals surface area (Å²) in [6.07, 6.45) is 1.19. The highest BCUT2D eigenvalue weighted by molar-refractivity contribution is 7.99. The maximum absolute atomic E-state index is 12.8. The molecule has 29 heavy (non-hydrogen) atoms. The van der Waals surface area contributed by atoms with Crippen LogP contribution in [0.5, 0.6) is 0 Å². The van der Waals surface area contributed by atoms with Crippen molar-refractivity contribution in [2.24, 2.45) is 0 Å². The molecule has 1 aromatic heterocycles. The average molecular weight is 450 g/mol. The zero-order valence-electron chi connectivity index (χ0n) is 16.0. The van der Waals surface area contributed by atoms with E-state index in [1.54, 1.807) is 34.9 Å². The molecule has 0 unspecified atom stereocenters. The maximum Gasteiger partial charge on any atom is 0.258 e. The number of nitrogens with zero attached hydrogens (tertiary/aromatic N) is 2. The third-order valence-electron chi connectivity index (χ3n) is 4.31. The normalized spacial score (nSPS) is 11.0. The van der Waals surface area contributed by atoms with Gasteiger partial charge in [-0.25, -0.2) is 4.98 Å². The Morgan fingerprint density at radius 3 is 2.76 bits per heavy atom. The number of hydrogen-bond acceptors (Lipinski definition) is 4. The molecule has 152 valence electrons. The second kappa shape index (κ2) is 10.1. The smallest absolute Gasteiger partial charge is 0.258 e. The van der Waals surface area contributed by atoms with Gasteiger partial charge in [0.1, 0.15) is 5.82 Å². The van der Waals surface area contributed by atoms with E-state index >= 15 is 0 Å². The van der Waals surface area contributed by atoms with Crippen LogP contribution in [0.25, 0.3) is 10.9 Å². The fourth-order valence-corrected chi connectivity index (χ4v) is 4.29. The van der Waals surface area contributed by atoms with E-state index in [4.69, 9.17) is 23.2 Å². The number of H-pyrrole nitrogens is 1. The number of aromatic amines is 1. The minimum absolute atomic E-state index is 0.0141. The SMILES string of the molecule is CCCN(Cc1nc2cc(Cl)ccc2c(=O)[nH]1)C(=O)CCSc1ccccc1Cl. The van der Waals surface area contributed by atoms with E-state index in [1.807, 2.05) is 31.2 Å². The molecule has 0 fully saturated rings. The molecule has 0 aliphatic rings. The number of nitrogens with one attached hydrogen (secondary N) is 1. The first-order chi connectivity index (χ1) is 14.0. The third kappa shape index (κ3) is 5.75. The van der Waals surface area contributed by atoms with Gasteiger partial charge in [0.05, 0.1) is 22.5 Å². The number of thioether (sulfide) groups is 1. The summed E-state index contributed by atoms with van der Waals surface area (Å²) in [6.45, 7) is 2.85. The van der Waals surface area contributed by atoms with Gasteiger partial charge < -0.3 is 9.88 Å². The average Bonchev–Trinajstić information content (AvgIpc) is 2.68. The Morgan fingerprint density at radius 2 is 2.00 bits per heavy atom. The zero-order valence-corrected chi connectivity index (χ0v) is 18.3. The molecule has 5 nitrogen and oxygen atoms in total. The number of amides is 1. The molecule has 0 aliphatic heterocycles. The molecule has 0 spiro atoms. The largest absolute Gasteiger partial charge is 0.335 e. The second-order valence-electron chi connectivity index (χ2n) is 6.52. The molecule has 3 aromatic rings. The molecule has 0 atom stereocenters. The molecule has 0 saturated heterocycles. The van der Waals surface area contributed by atoms with Crippen molar-refractivity contribution in [2.45, 2.75) is 31.2 Å². The van der Waals surface area contributed by atoms with Crippen molar-refractivity contribution >= 4 is 51.8 Å². The van der Waals surface area contributed by atoms with Crippen molar-refractivity contribution in [3.63, 3.8) is 0 Å².